The molecular weight excluding hydrogens is 134 g/mol. The second-order valence-corrected chi connectivity index (χ2v) is 3.88. The van der Waals surface area contributed by atoms with Crippen LogP contribution in [0, 0.1) is 5.92 Å². The van der Waals surface area contributed by atoms with E-state index in [1.807, 2.05) is 0 Å². The normalized spacial score (nSPS) is 37.9. The standard InChI is InChI=1S/C10H21N/c1-4-6-9-7-8(3)10(5-2)11-9/h8-11H,4-7H2,1-3H3. The SMILES string of the molecule is CCCC1CC(C)C(CC)N1. The molecule has 0 amide bonds. The lowest BCUT2D eigenvalue weighted by Gasteiger charge is -2.12. The second-order valence-electron chi connectivity index (χ2n) is 3.88. The molecule has 1 heterocycles. The van der Waals surface area contributed by atoms with E-state index in [9.17, 15) is 0 Å². The van der Waals surface area contributed by atoms with Crippen LogP contribution in [0.4, 0.5) is 0 Å². The van der Waals surface area contributed by atoms with Crippen LogP contribution in [-0.2, 0) is 0 Å². The molecular formula is C10H21N. The van der Waals surface area contributed by atoms with E-state index < -0.39 is 0 Å². The van der Waals surface area contributed by atoms with Crippen LogP contribution in [0.3, 0.4) is 0 Å². The van der Waals surface area contributed by atoms with E-state index in [0.29, 0.717) is 0 Å². The lowest BCUT2D eigenvalue weighted by molar-refractivity contribution is 0.462. The third kappa shape index (κ3) is 2.19. The molecule has 1 saturated heterocycles. The molecule has 1 aliphatic rings. The van der Waals surface area contributed by atoms with Crippen molar-refractivity contribution in [2.45, 2.75) is 58.5 Å². The van der Waals surface area contributed by atoms with Crippen LogP contribution in [0.2, 0.25) is 0 Å². The molecule has 0 aromatic carbocycles. The zero-order valence-corrected chi connectivity index (χ0v) is 8.06. The van der Waals surface area contributed by atoms with Crippen molar-refractivity contribution in [1.29, 1.82) is 0 Å². The summed E-state index contributed by atoms with van der Waals surface area (Å²) in [5.74, 6) is 0.900. The summed E-state index contributed by atoms with van der Waals surface area (Å²) < 4.78 is 0. The molecule has 1 heteroatoms. The molecule has 0 aromatic heterocycles. The van der Waals surface area contributed by atoms with Gasteiger partial charge >= 0.3 is 0 Å². The summed E-state index contributed by atoms with van der Waals surface area (Å²) in [5, 5.41) is 3.69. The largest absolute Gasteiger partial charge is 0.311 e. The van der Waals surface area contributed by atoms with Gasteiger partial charge in [-0.05, 0) is 25.2 Å². The van der Waals surface area contributed by atoms with Crippen molar-refractivity contribution < 1.29 is 0 Å². The zero-order chi connectivity index (χ0) is 8.27. The van der Waals surface area contributed by atoms with Gasteiger partial charge in [-0.25, -0.2) is 0 Å². The Morgan fingerprint density at radius 3 is 2.55 bits per heavy atom. The Morgan fingerprint density at radius 1 is 1.36 bits per heavy atom. The first-order valence-electron chi connectivity index (χ1n) is 5.04. The molecule has 1 aliphatic heterocycles. The van der Waals surface area contributed by atoms with Gasteiger partial charge in [0, 0.05) is 12.1 Å². The fourth-order valence-electron chi connectivity index (χ4n) is 2.22. The van der Waals surface area contributed by atoms with Crippen LogP contribution in [-0.4, -0.2) is 12.1 Å². The molecule has 66 valence electrons. The molecule has 1 nitrogen and oxygen atoms in total. The molecule has 3 unspecified atom stereocenters. The first kappa shape index (κ1) is 9.05. The van der Waals surface area contributed by atoms with Gasteiger partial charge in [0.1, 0.15) is 0 Å². The average molecular weight is 155 g/mol. The van der Waals surface area contributed by atoms with Crippen molar-refractivity contribution in [3.05, 3.63) is 0 Å². The average Bonchev–Trinajstić information content (AvgIpc) is 2.32. The monoisotopic (exact) mass is 155 g/mol. The lowest BCUT2D eigenvalue weighted by atomic mass is 9.99. The van der Waals surface area contributed by atoms with Crippen molar-refractivity contribution in [2.24, 2.45) is 5.92 Å². The Kier molecular flexibility index (Phi) is 3.38. The highest BCUT2D eigenvalue weighted by atomic mass is 15.0. The Balaban J connectivity index is 2.30. The molecule has 3 atom stereocenters. The molecule has 1 fully saturated rings. The molecule has 11 heavy (non-hydrogen) atoms. The van der Waals surface area contributed by atoms with Gasteiger partial charge in [-0.1, -0.05) is 27.2 Å². The van der Waals surface area contributed by atoms with Crippen LogP contribution in [0.25, 0.3) is 0 Å². The molecule has 0 bridgehead atoms. The summed E-state index contributed by atoms with van der Waals surface area (Å²) >= 11 is 0. The summed E-state index contributed by atoms with van der Waals surface area (Å²) in [4.78, 5) is 0. The zero-order valence-electron chi connectivity index (χ0n) is 8.06. The van der Waals surface area contributed by atoms with Crippen LogP contribution in [0.5, 0.6) is 0 Å². The number of rotatable bonds is 3. The van der Waals surface area contributed by atoms with Crippen molar-refractivity contribution in [3.8, 4) is 0 Å². The maximum absolute atomic E-state index is 3.69. The molecule has 1 rings (SSSR count). The third-order valence-electron chi connectivity index (χ3n) is 2.87. The van der Waals surface area contributed by atoms with Crippen molar-refractivity contribution in [1.82, 2.24) is 5.32 Å². The minimum absolute atomic E-state index is 0.798. The van der Waals surface area contributed by atoms with Gasteiger partial charge < -0.3 is 5.32 Å². The van der Waals surface area contributed by atoms with Gasteiger partial charge in [-0.3, -0.25) is 0 Å². The van der Waals surface area contributed by atoms with Crippen LogP contribution in [0.1, 0.15) is 46.5 Å². The van der Waals surface area contributed by atoms with Crippen LogP contribution < -0.4 is 5.32 Å². The van der Waals surface area contributed by atoms with Gasteiger partial charge in [0.05, 0.1) is 0 Å². The lowest BCUT2D eigenvalue weighted by Crippen LogP contribution is -2.30. The third-order valence-corrected chi connectivity index (χ3v) is 2.87. The quantitative estimate of drug-likeness (QED) is 0.660. The number of hydrogen-bond acceptors (Lipinski definition) is 1. The molecule has 0 aromatic rings. The number of hydrogen-bond donors (Lipinski definition) is 1. The molecule has 0 saturated carbocycles. The topological polar surface area (TPSA) is 12.0 Å². The van der Waals surface area contributed by atoms with E-state index in [0.717, 1.165) is 18.0 Å². The van der Waals surface area contributed by atoms with Gasteiger partial charge in [0.2, 0.25) is 0 Å². The highest BCUT2D eigenvalue weighted by molar-refractivity contribution is 4.87. The highest BCUT2D eigenvalue weighted by Gasteiger charge is 2.27. The van der Waals surface area contributed by atoms with Crippen molar-refractivity contribution in [3.63, 3.8) is 0 Å². The molecule has 0 radical (unpaired) electrons. The van der Waals surface area contributed by atoms with Crippen molar-refractivity contribution in [2.75, 3.05) is 0 Å². The molecule has 0 aliphatic carbocycles. The fraction of sp³-hybridized carbons (Fsp3) is 1.00. The van der Waals surface area contributed by atoms with Gasteiger partial charge in [0.15, 0.2) is 0 Å². The summed E-state index contributed by atoms with van der Waals surface area (Å²) in [6.07, 6.45) is 5.37. The van der Waals surface area contributed by atoms with E-state index in [4.69, 9.17) is 0 Å². The van der Waals surface area contributed by atoms with Crippen LogP contribution in [0.15, 0.2) is 0 Å². The Bertz CT molecular complexity index is 111. The van der Waals surface area contributed by atoms with Gasteiger partial charge in [0.25, 0.3) is 0 Å². The molecule has 0 spiro atoms. The smallest absolute Gasteiger partial charge is 0.00932 e. The van der Waals surface area contributed by atoms with E-state index >= 15 is 0 Å². The van der Waals surface area contributed by atoms with Gasteiger partial charge in [-0.2, -0.15) is 0 Å². The Hall–Kier alpha value is -0.0400. The van der Waals surface area contributed by atoms with Crippen LogP contribution >= 0.6 is 0 Å². The van der Waals surface area contributed by atoms with E-state index in [1.54, 1.807) is 0 Å². The second kappa shape index (κ2) is 4.10. The van der Waals surface area contributed by atoms with E-state index in [1.165, 1.54) is 25.7 Å². The Labute approximate surface area is 70.6 Å². The first-order valence-corrected chi connectivity index (χ1v) is 5.04. The summed E-state index contributed by atoms with van der Waals surface area (Å²) in [6.45, 7) is 6.92. The summed E-state index contributed by atoms with van der Waals surface area (Å²) in [6, 6.07) is 1.62. The maximum Gasteiger partial charge on any atom is 0.00932 e. The summed E-state index contributed by atoms with van der Waals surface area (Å²) in [7, 11) is 0. The van der Waals surface area contributed by atoms with Crippen molar-refractivity contribution >= 4 is 0 Å². The predicted octanol–water partition coefficient (Wildman–Crippen LogP) is 2.56. The Morgan fingerprint density at radius 2 is 2.09 bits per heavy atom. The van der Waals surface area contributed by atoms with E-state index in [2.05, 4.69) is 26.1 Å². The van der Waals surface area contributed by atoms with E-state index in [-0.39, 0.29) is 0 Å². The minimum Gasteiger partial charge on any atom is -0.311 e. The molecule has 1 N–H and O–H groups in total. The fourth-order valence-corrected chi connectivity index (χ4v) is 2.22. The first-order chi connectivity index (χ1) is 5.27. The summed E-state index contributed by atoms with van der Waals surface area (Å²) in [5.41, 5.74) is 0. The minimum atomic E-state index is 0.798. The van der Waals surface area contributed by atoms with Gasteiger partial charge in [-0.15, -0.1) is 0 Å². The maximum atomic E-state index is 3.69. The number of nitrogens with one attached hydrogen (secondary N) is 1. The highest BCUT2D eigenvalue weighted by Crippen LogP contribution is 2.24. The predicted molar refractivity (Wildman–Crippen MR) is 49.7 cm³/mol.